The molecule has 0 unspecified atom stereocenters. The van der Waals surface area contributed by atoms with E-state index in [1.807, 2.05) is 0 Å². The first-order valence-corrected chi connectivity index (χ1v) is 12.9. The zero-order valence-electron chi connectivity index (χ0n) is 22.4. The normalized spacial score (nSPS) is 16.9. The fraction of sp³-hybridized carbons (Fsp3) is 0.393. The maximum Gasteiger partial charge on any atom is 2.00 e. The first-order chi connectivity index (χ1) is 18.8. The first kappa shape index (κ1) is 31.4. The maximum absolute atomic E-state index is 14.2. The zero-order valence-corrected chi connectivity index (χ0v) is 26.6. The maximum atomic E-state index is 14.2. The summed E-state index contributed by atoms with van der Waals surface area (Å²) < 4.78 is 71.8. The van der Waals surface area contributed by atoms with Crippen molar-refractivity contribution in [2.24, 2.45) is 5.92 Å². The molecule has 1 aromatic carbocycles. The standard InChI is InChI=1S/C28H29F5N6O.U/c1-18-6-5-9-36(13-18)14-19-10-22(28(31,32)33)23-16-37(26(40)38(23)15-19)21-8-4-7-20(11-21)27(2,3)12-24-35-34-17-39(24)25(29)30;/h4,7-8,10-11,15-18,25H,2-3,5-6,9,12-14H2,1H3;/q-2;+2/t18-;/m0./s1. The molecule has 41 heavy (non-hydrogen) atoms. The van der Waals surface area contributed by atoms with Crippen molar-refractivity contribution < 1.29 is 53.1 Å². The Morgan fingerprint density at radius 1 is 1.15 bits per heavy atom. The van der Waals surface area contributed by atoms with Crippen LogP contribution in [-0.4, -0.2) is 41.7 Å². The van der Waals surface area contributed by atoms with Gasteiger partial charge in [0.2, 0.25) is 0 Å². The second kappa shape index (κ2) is 12.0. The number of likely N-dealkylation sites (tertiary alicyclic amines) is 1. The molecule has 4 heterocycles. The van der Waals surface area contributed by atoms with Crippen LogP contribution in [0.15, 0.2) is 53.8 Å². The molecule has 0 N–H and O–H groups in total. The number of hydrogen-bond acceptors (Lipinski definition) is 4. The van der Waals surface area contributed by atoms with Crippen LogP contribution in [0.2, 0.25) is 0 Å². The monoisotopic (exact) mass is 798 g/mol. The van der Waals surface area contributed by atoms with Gasteiger partial charge >= 0.3 is 49.5 Å². The van der Waals surface area contributed by atoms with Crippen LogP contribution in [0, 0.1) is 50.9 Å². The summed E-state index contributed by atoms with van der Waals surface area (Å²) in [6.07, 6.45) is 0.839. The summed E-state index contributed by atoms with van der Waals surface area (Å²) in [5.41, 5.74) is -1.85. The molecule has 1 aliphatic rings. The van der Waals surface area contributed by atoms with Crippen LogP contribution < -0.4 is 5.69 Å². The van der Waals surface area contributed by atoms with Crippen LogP contribution in [0.1, 0.15) is 48.8 Å². The minimum atomic E-state index is -4.67. The number of alkyl halides is 5. The van der Waals surface area contributed by atoms with Crippen molar-refractivity contribution in [1.82, 2.24) is 28.6 Å². The molecule has 0 bridgehead atoms. The Morgan fingerprint density at radius 2 is 1.90 bits per heavy atom. The van der Waals surface area contributed by atoms with Crippen molar-refractivity contribution in [2.75, 3.05) is 13.1 Å². The minimum absolute atomic E-state index is 0. The molecule has 1 aliphatic heterocycles. The summed E-state index contributed by atoms with van der Waals surface area (Å²) in [6.45, 7) is 9.26. The van der Waals surface area contributed by atoms with Crippen LogP contribution in [0.5, 0.6) is 0 Å². The number of pyridine rings is 1. The van der Waals surface area contributed by atoms with E-state index in [0.717, 1.165) is 53.5 Å². The second-order valence-corrected chi connectivity index (χ2v) is 10.7. The van der Waals surface area contributed by atoms with E-state index in [0.29, 0.717) is 28.2 Å². The molecule has 0 saturated carbocycles. The molecule has 3 aromatic heterocycles. The van der Waals surface area contributed by atoms with Gasteiger partial charge in [-0.1, -0.05) is 24.6 Å². The Bertz CT molecular complexity index is 1570. The molecule has 7 nitrogen and oxygen atoms in total. The molecule has 13 heteroatoms. The molecule has 0 radical (unpaired) electrons. The van der Waals surface area contributed by atoms with Crippen molar-refractivity contribution in [3.05, 3.63) is 95.9 Å². The smallest absolute Gasteiger partial charge is 0.362 e. The number of halogens is 5. The number of imidazole rings is 1. The van der Waals surface area contributed by atoms with Crippen LogP contribution in [0.3, 0.4) is 0 Å². The van der Waals surface area contributed by atoms with Gasteiger partial charge < -0.3 is 13.8 Å². The Kier molecular flexibility index (Phi) is 9.22. The molecule has 5 rings (SSSR count). The van der Waals surface area contributed by atoms with Crippen LogP contribution in [0.25, 0.3) is 11.2 Å². The Hall–Kier alpha value is -2.49. The largest absolute Gasteiger partial charge is 2.00 e. The number of rotatable bonds is 7. The number of fused-ring (bicyclic) bond motifs is 1. The van der Waals surface area contributed by atoms with Gasteiger partial charge in [-0.3, -0.25) is 23.8 Å². The first-order valence-electron chi connectivity index (χ1n) is 12.9. The molecule has 1 atom stereocenters. The van der Waals surface area contributed by atoms with Crippen LogP contribution in [0.4, 0.5) is 22.0 Å². The van der Waals surface area contributed by atoms with E-state index in [1.54, 1.807) is 24.3 Å². The van der Waals surface area contributed by atoms with Gasteiger partial charge in [0.25, 0.3) is 0 Å². The fourth-order valence-electron chi connectivity index (χ4n) is 5.38. The van der Waals surface area contributed by atoms with Gasteiger partial charge in [0.1, 0.15) is 12.2 Å². The summed E-state index contributed by atoms with van der Waals surface area (Å²) in [6, 6.07) is 7.52. The molecule has 1 saturated heterocycles. The molecule has 216 valence electrons. The predicted molar refractivity (Wildman–Crippen MR) is 139 cm³/mol. The van der Waals surface area contributed by atoms with Gasteiger partial charge in [-0.2, -0.15) is 22.0 Å². The number of nitrogens with zero attached hydrogens (tertiary/aromatic N) is 6. The third-order valence-corrected chi connectivity index (χ3v) is 7.37. The molecule has 4 aromatic rings. The second-order valence-electron chi connectivity index (χ2n) is 10.7. The van der Waals surface area contributed by atoms with E-state index in [9.17, 15) is 26.7 Å². The van der Waals surface area contributed by atoms with E-state index in [1.165, 1.54) is 6.20 Å². The van der Waals surface area contributed by atoms with Crippen molar-refractivity contribution in [3.63, 3.8) is 0 Å². The van der Waals surface area contributed by atoms with Crippen LogP contribution >= 0.6 is 0 Å². The average molecular weight is 799 g/mol. The van der Waals surface area contributed by atoms with E-state index in [-0.39, 0.29) is 54.6 Å². The molecule has 0 aliphatic carbocycles. The van der Waals surface area contributed by atoms with Gasteiger partial charge in [0, 0.05) is 25.5 Å². The molecule has 1 fully saturated rings. The summed E-state index contributed by atoms with van der Waals surface area (Å²) >= 11 is 0. The topological polar surface area (TPSA) is 60.4 Å². The number of piperidine rings is 1. The van der Waals surface area contributed by atoms with Crippen molar-refractivity contribution in [1.29, 1.82) is 0 Å². The molecular formula is C28H29F5N6OU. The predicted octanol–water partition coefficient (Wildman–Crippen LogP) is 5.48. The van der Waals surface area contributed by atoms with E-state index < -0.39 is 29.4 Å². The van der Waals surface area contributed by atoms with Gasteiger partial charge in [-0.05, 0) is 55.5 Å². The molecule has 0 amide bonds. The van der Waals surface area contributed by atoms with Crippen LogP contribution in [-0.2, 0) is 24.6 Å². The molecular weight excluding hydrogens is 769 g/mol. The number of aromatic nitrogens is 5. The average Bonchev–Trinajstić information content (AvgIpc) is 3.47. The Balaban J connectivity index is 0.00000387. The Morgan fingerprint density at radius 3 is 2.59 bits per heavy atom. The third kappa shape index (κ3) is 6.62. The Labute approximate surface area is 257 Å². The number of hydrogen-bond donors (Lipinski definition) is 0. The van der Waals surface area contributed by atoms with Crippen molar-refractivity contribution in [2.45, 2.75) is 50.9 Å². The van der Waals surface area contributed by atoms with E-state index >= 15 is 0 Å². The summed E-state index contributed by atoms with van der Waals surface area (Å²) in [7, 11) is 0. The minimum Gasteiger partial charge on any atom is -0.362 e. The summed E-state index contributed by atoms with van der Waals surface area (Å²) in [4.78, 5) is 15.6. The summed E-state index contributed by atoms with van der Waals surface area (Å²) in [5.74, 6) is 0.429. The number of benzene rings is 1. The van der Waals surface area contributed by atoms with E-state index in [4.69, 9.17) is 0 Å². The van der Waals surface area contributed by atoms with E-state index in [2.05, 4.69) is 35.9 Å². The molecule has 0 spiro atoms. The third-order valence-electron chi connectivity index (χ3n) is 7.37. The van der Waals surface area contributed by atoms with Gasteiger partial charge in [0.15, 0.2) is 0 Å². The van der Waals surface area contributed by atoms with Gasteiger partial charge in [-0.15, -0.1) is 10.2 Å². The van der Waals surface area contributed by atoms with Gasteiger partial charge in [0.05, 0.1) is 16.8 Å². The quantitative estimate of drug-likeness (QED) is 0.184. The zero-order chi connectivity index (χ0) is 28.8. The van der Waals surface area contributed by atoms with Crippen molar-refractivity contribution >= 4 is 5.52 Å². The van der Waals surface area contributed by atoms with Gasteiger partial charge in [-0.25, -0.2) is 4.79 Å². The SMILES string of the molecule is [CH2-]C([CH2-])(Cc1nncn1C(F)F)c1cccc(-n2cc3c(C(F)(F)F)cc(CN4CCC[C@H](C)C4)cn3c2=O)c1.[U+2]. The van der Waals surface area contributed by atoms with Crippen molar-refractivity contribution in [3.8, 4) is 5.69 Å². The summed E-state index contributed by atoms with van der Waals surface area (Å²) in [5, 5.41) is 7.27. The fourth-order valence-corrected chi connectivity index (χ4v) is 5.38.